The lowest BCUT2D eigenvalue weighted by Crippen LogP contribution is -2.46. The maximum atomic E-state index is 14.1. The summed E-state index contributed by atoms with van der Waals surface area (Å²) in [6.45, 7) is 5.60. The second-order valence-corrected chi connectivity index (χ2v) is 12.7. The van der Waals surface area contributed by atoms with Gasteiger partial charge in [-0.05, 0) is 60.6 Å². The predicted octanol–water partition coefficient (Wildman–Crippen LogP) is 5.31. The molecule has 1 aliphatic carbocycles. The zero-order valence-electron chi connectivity index (χ0n) is 26.4. The van der Waals surface area contributed by atoms with E-state index >= 15 is 0 Å². The summed E-state index contributed by atoms with van der Waals surface area (Å²) in [7, 11) is 0. The van der Waals surface area contributed by atoms with E-state index < -0.39 is 29.9 Å². The van der Waals surface area contributed by atoms with Gasteiger partial charge in [0.2, 0.25) is 5.91 Å². The fraction of sp³-hybridized carbons (Fsp3) is 0.429. The summed E-state index contributed by atoms with van der Waals surface area (Å²) in [5.74, 6) is -0.340. The van der Waals surface area contributed by atoms with Crippen molar-refractivity contribution in [1.82, 2.24) is 24.6 Å². The number of anilines is 1. The lowest BCUT2D eigenvalue weighted by Gasteiger charge is -2.38. The van der Waals surface area contributed by atoms with Crippen LogP contribution in [0.3, 0.4) is 0 Å². The minimum absolute atomic E-state index is 0.104. The van der Waals surface area contributed by atoms with Crippen molar-refractivity contribution in [2.45, 2.75) is 56.3 Å². The number of hydrogen-bond acceptors (Lipinski definition) is 7. The molecule has 0 saturated heterocycles. The number of amides is 2. The summed E-state index contributed by atoms with van der Waals surface area (Å²) in [5, 5.41) is 5.12. The Balaban J connectivity index is 1.30. The van der Waals surface area contributed by atoms with Crippen molar-refractivity contribution >= 4 is 17.5 Å². The van der Waals surface area contributed by atoms with Crippen LogP contribution >= 0.6 is 0 Å². The number of hydrogen-bond donors (Lipinski definition) is 1. The van der Waals surface area contributed by atoms with Crippen LogP contribution in [-0.4, -0.2) is 75.8 Å². The molecule has 1 saturated carbocycles. The van der Waals surface area contributed by atoms with Crippen molar-refractivity contribution in [2.75, 3.05) is 45.2 Å². The van der Waals surface area contributed by atoms with E-state index in [1.807, 2.05) is 10.8 Å². The van der Waals surface area contributed by atoms with Crippen molar-refractivity contribution in [1.29, 1.82) is 0 Å². The number of nitrogen functional groups attached to an aromatic ring is 1. The third-order valence-electron chi connectivity index (χ3n) is 9.88. The van der Waals surface area contributed by atoms with Gasteiger partial charge in [-0.15, -0.1) is 0 Å². The minimum atomic E-state index is -4.71. The molecule has 2 atom stereocenters. The molecule has 0 spiro atoms. The van der Waals surface area contributed by atoms with Gasteiger partial charge >= 0.3 is 6.18 Å². The Morgan fingerprint density at radius 1 is 1.15 bits per heavy atom. The van der Waals surface area contributed by atoms with E-state index in [1.165, 1.54) is 30.9 Å². The first-order valence-electron chi connectivity index (χ1n) is 16.3. The zero-order valence-corrected chi connectivity index (χ0v) is 26.4. The molecule has 5 heterocycles. The second kappa shape index (κ2) is 12.8. The second-order valence-electron chi connectivity index (χ2n) is 12.7. The molecule has 2 unspecified atom stereocenters. The van der Waals surface area contributed by atoms with Crippen molar-refractivity contribution in [3.8, 4) is 5.69 Å². The van der Waals surface area contributed by atoms with Gasteiger partial charge in [0, 0.05) is 37.0 Å². The van der Waals surface area contributed by atoms with Crippen LogP contribution in [0.15, 0.2) is 60.8 Å². The molecule has 1 aromatic carbocycles. The summed E-state index contributed by atoms with van der Waals surface area (Å²) in [6, 6.07) is 8.41. The highest BCUT2D eigenvalue weighted by molar-refractivity contribution is 5.99. The number of nitrogens with two attached hydrogens (primary N) is 1. The summed E-state index contributed by atoms with van der Waals surface area (Å²) in [4.78, 5) is 34.0. The molecule has 3 aliphatic heterocycles. The van der Waals surface area contributed by atoms with Crippen molar-refractivity contribution in [3.05, 3.63) is 94.6 Å². The standard InChI is InChI=1S/C35H37F3N6O4/c1-2-31(45)42-18-28-32-27(10-13-43(28)34(46)25-17-40-30(16-26(25)39)35(36,37)38)44(24-8-6-23(7-9-24)22-4-3-5-22)41-33(32)29(19-42)48-20-21-11-14-47-15-12-21/h2,6-9,11,16-17,22,28-29H,1,3-5,10,12-15,18-20H2,(H2,39,40). The molecule has 4 aliphatic rings. The summed E-state index contributed by atoms with van der Waals surface area (Å²) < 4.78 is 53.9. The van der Waals surface area contributed by atoms with Crippen LogP contribution in [-0.2, 0) is 26.9 Å². The Kier molecular flexibility index (Phi) is 8.58. The quantitative estimate of drug-likeness (QED) is 0.270. The van der Waals surface area contributed by atoms with Gasteiger partial charge < -0.3 is 25.0 Å². The van der Waals surface area contributed by atoms with Crippen molar-refractivity contribution < 1.29 is 32.2 Å². The molecule has 7 rings (SSSR count). The van der Waals surface area contributed by atoms with Crippen LogP contribution in [0.5, 0.6) is 0 Å². The molecule has 13 heteroatoms. The number of aromatic nitrogens is 3. The topological polar surface area (TPSA) is 116 Å². The van der Waals surface area contributed by atoms with Crippen LogP contribution in [0.2, 0.25) is 0 Å². The number of ether oxygens (including phenoxy) is 2. The molecule has 0 bridgehead atoms. The molecule has 2 amide bonds. The molecule has 252 valence electrons. The number of pyridine rings is 1. The summed E-state index contributed by atoms with van der Waals surface area (Å²) in [6.07, 6.45) is 3.51. The number of nitrogens with zero attached hydrogens (tertiary/aromatic N) is 5. The van der Waals surface area contributed by atoms with Crippen molar-refractivity contribution in [2.24, 2.45) is 0 Å². The van der Waals surface area contributed by atoms with E-state index in [4.69, 9.17) is 20.3 Å². The third kappa shape index (κ3) is 6.00. The van der Waals surface area contributed by atoms with Crippen LogP contribution in [0.1, 0.15) is 82.3 Å². The van der Waals surface area contributed by atoms with Gasteiger partial charge in [0.25, 0.3) is 5.91 Å². The molecule has 2 N–H and O–H groups in total. The van der Waals surface area contributed by atoms with Crippen LogP contribution < -0.4 is 5.73 Å². The lowest BCUT2D eigenvalue weighted by atomic mass is 9.80. The van der Waals surface area contributed by atoms with Gasteiger partial charge in [0.1, 0.15) is 11.8 Å². The van der Waals surface area contributed by atoms with E-state index in [-0.39, 0.29) is 36.8 Å². The Bertz CT molecular complexity index is 1760. The Hall–Kier alpha value is -4.49. The third-order valence-corrected chi connectivity index (χ3v) is 9.88. The highest BCUT2D eigenvalue weighted by Crippen LogP contribution is 2.42. The highest BCUT2D eigenvalue weighted by atomic mass is 19.4. The predicted molar refractivity (Wildman–Crippen MR) is 170 cm³/mol. The van der Waals surface area contributed by atoms with Crippen LogP contribution in [0.25, 0.3) is 5.69 Å². The highest BCUT2D eigenvalue weighted by Gasteiger charge is 2.44. The largest absolute Gasteiger partial charge is 0.433 e. The molecule has 10 nitrogen and oxygen atoms in total. The first-order valence-corrected chi connectivity index (χ1v) is 16.3. The molecule has 2 aromatic heterocycles. The number of halogens is 3. The lowest BCUT2D eigenvalue weighted by molar-refractivity contribution is -0.141. The summed E-state index contributed by atoms with van der Waals surface area (Å²) >= 11 is 0. The maximum Gasteiger partial charge on any atom is 0.433 e. The van der Waals surface area contributed by atoms with Gasteiger partial charge in [0.15, 0.2) is 0 Å². The number of alkyl halides is 3. The normalized spacial score (nSPS) is 21.2. The fourth-order valence-corrected chi connectivity index (χ4v) is 7.01. The SMILES string of the molecule is C=CC(=O)N1CC(OCC2=CCOCC2)c2nn(-c3ccc(C4CCC4)cc3)c3c2C(C1)N(C(=O)c1cnc(C(F)(F)F)cc1N)CC3. The first kappa shape index (κ1) is 32.1. The number of carbonyl (C=O) groups excluding carboxylic acids is 2. The molecule has 0 radical (unpaired) electrons. The van der Waals surface area contributed by atoms with E-state index in [2.05, 4.69) is 35.8 Å². The number of benzene rings is 1. The van der Waals surface area contributed by atoms with E-state index in [1.54, 1.807) is 9.80 Å². The van der Waals surface area contributed by atoms with Gasteiger partial charge in [-0.2, -0.15) is 18.3 Å². The Morgan fingerprint density at radius 2 is 1.94 bits per heavy atom. The minimum Gasteiger partial charge on any atom is -0.398 e. The maximum absolute atomic E-state index is 14.1. The molecular weight excluding hydrogens is 625 g/mol. The number of rotatable bonds is 7. The van der Waals surface area contributed by atoms with Crippen LogP contribution in [0.4, 0.5) is 18.9 Å². The molecule has 48 heavy (non-hydrogen) atoms. The Morgan fingerprint density at radius 3 is 2.58 bits per heavy atom. The zero-order chi connectivity index (χ0) is 33.6. The smallest absolute Gasteiger partial charge is 0.398 e. The molecule has 3 aromatic rings. The average molecular weight is 663 g/mol. The van der Waals surface area contributed by atoms with E-state index in [0.29, 0.717) is 43.9 Å². The van der Waals surface area contributed by atoms with Crippen LogP contribution in [0, 0.1) is 0 Å². The summed E-state index contributed by atoms with van der Waals surface area (Å²) in [5.41, 5.74) is 9.91. The fourth-order valence-electron chi connectivity index (χ4n) is 7.01. The monoisotopic (exact) mass is 662 g/mol. The van der Waals surface area contributed by atoms with Gasteiger partial charge in [0.05, 0.1) is 55.0 Å². The van der Waals surface area contributed by atoms with Crippen molar-refractivity contribution in [3.63, 3.8) is 0 Å². The first-order chi connectivity index (χ1) is 23.1. The molecular formula is C35H37F3N6O4. The van der Waals surface area contributed by atoms with Gasteiger partial charge in [-0.25, -0.2) is 4.68 Å². The molecule has 1 fully saturated rings. The Labute approximate surface area is 276 Å². The van der Waals surface area contributed by atoms with E-state index in [9.17, 15) is 22.8 Å². The number of carbonyl (C=O) groups is 2. The van der Waals surface area contributed by atoms with Gasteiger partial charge in [-0.3, -0.25) is 14.6 Å². The average Bonchev–Trinajstić information content (AvgIpc) is 3.36. The van der Waals surface area contributed by atoms with E-state index in [0.717, 1.165) is 35.1 Å². The van der Waals surface area contributed by atoms with Gasteiger partial charge in [-0.1, -0.05) is 31.2 Å².